The maximum Gasteiger partial charge on any atom is 0.411 e. The van der Waals surface area contributed by atoms with Gasteiger partial charge in [0, 0.05) is 26.1 Å². The predicted octanol–water partition coefficient (Wildman–Crippen LogP) is -0.0730. The fourth-order valence-corrected chi connectivity index (χ4v) is 3.25. The maximum absolute atomic E-state index is 13.3. The number of aromatic amines is 1. The largest absolute Gasteiger partial charge is 0.427 e. The Hall–Kier alpha value is -3.71. The molecular weight excluding hydrogens is 479 g/mol. The van der Waals surface area contributed by atoms with Gasteiger partial charge in [0.1, 0.15) is 6.04 Å². The van der Waals surface area contributed by atoms with Gasteiger partial charge in [0.15, 0.2) is 6.73 Å². The highest BCUT2D eigenvalue weighted by molar-refractivity contribution is 5.91. The number of carbonyl (C=O) groups excluding carboxylic acids is 4. The Morgan fingerprint density at radius 2 is 1.83 bits per heavy atom. The van der Waals surface area contributed by atoms with Crippen LogP contribution in [0.5, 0.6) is 0 Å². The number of unbranched alkanes of at least 4 members (excludes halogenated alkanes) is 4. The predicted molar refractivity (Wildman–Crippen MR) is 127 cm³/mol. The molecule has 1 rings (SSSR count). The lowest BCUT2D eigenvalue weighted by molar-refractivity contribution is -0.131. The third kappa shape index (κ3) is 11.1. The number of nitrogens with two attached hydrogens (primary N) is 1. The molecule has 0 fully saturated rings. The molecule has 0 saturated carbocycles. The van der Waals surface area contributed by atoms with E-state index in [1.807, 2.05) is 0 Å². The van der Waals surface area contributed by atoms with Crippen molar-refractivity contribution < 1.29 is 28.3 Å². The molecule has 0 bridgehead atoms. The van der Waals surface area contributed by atoms with Gasteiger partial charge in [-0.15, -0.1) is 0 Å². The van der Waals surface area contributed by atoms with Gasteiger partial charge in [0.05, 0.1) is 12.6 Å². The average molecular weight is 515 g/mol. The van der Waals surface area contributed by atoms with Crippen LogP contribution in [0.4, 0.5) is 9.18 Å². The number of carbonyl (C=O) groups is 4. The van der Waals surface area contributed by atoms with Crippen molar-refractivity contribution in [3.05, 3.63) is 32.9 Å². The third-order valence-electron chi connectivity index (χ3n) is 5.11. The van der Waals surface area contributed by atoms with E-state index in [-0.39, 0.29) is 25.3 Å². The van der Waals surface area contributed by atoms with Crippen LogP contribution in [0, 0.1) is 5.82 Å². The van der Waals surface area contributed by atoms with Gasteiger partial charge in [-0.3, -0.25) is 28.7 Å². The van der Waals surface area contributed by atoms with Gasteiger partial charge < -0.3 is 26.0 Å². The molecule has 36 heavy (non-hydrogen) atoms. The Morgan fingerprint density at radius 3 is 2.47 bits per heavy atom. The summed E-state index contributed by atoms with van der Waals surface area (Å²) in [7, 11) is 1.36. The topological polar surface area (TPSA) is 186 Å². The van der Waals surface area contributed by atoms with Gasteiger partial charge >= 0.3 is 11.8 Å². The molecule has 0 aliphatic rings. The van der Waals surface area contributed by atoms with Gasteiger partial charge in [-0.2, -0.15) is 4.39 Å². The SMILES string of the molecule is CCCCCCCC(=O)NC(CC(N)=O)C(=O)NC(C)CN(C)C(=O)OCn1cc(F)c(=O)[nH]c1=O. The van der Waals surface area contributed by atoms with Crippen LogP contribution in [0.15, 0.2) is 15.8 Å². The lowest BCUT2D eigenvalue weighted by atomic mass is 10.1. The number of nitrogens with zero attached hydrogens (tertiary/aromatic N) is 2. The first-order chi connectivity index (χ1) is 16.9. The van der Waals surface area contributed by atoms with E-state index >= 15 is 0 Å². The minimum Gasteiger partial charge on any atom is -0.427 e. The van der Waals surface area contributed by atoms with E-state index in [1.165, 1.54) is 7.05 Å². The molecule has 0 spiro atoms. The summed E-state index contributed by atoms with van der Waals surface area (Å²) in [4.78, 5) is 73.9. The summed E-state index contributed by atoms with van der Waals surface area (Å²) in [6, 6.07) is -1.78. The number of likely N-dealkylation sites (N-methyl/N-ethyl adjacent to an activating group) is 1. The Kier molecular flexibility index (Phi) is 12.9. The van der Waals surface area contributed by atoms with Gasteiger partial charge in [0.25, 0.3) is 5.56 Å². The van der Waals surface area contributed by atoms with Crippen LogP contribution in [0.3, 0.4) is 0 Å². The van der Waals surface area contributed by atoms with Crippen molar-refractivity contribution in [3.63, 3.8) is 0 Å². The fourth-order valence-electron chi connectivity index (χ4n) is 3.25. The second-order valence-corrected chi connectivity index (χ2v) is 8.49. The molecule has 14 heteroatoms. The lowest BCUT2D eigenvalue weighted by Gasteiger charge is -2.24. The van der Waals surface area contributed by atoms with Crippen LogP contribution in [0.1, 0.15) is 58.8 Å². The molecule has 202 valence electrons. The molecule has 2 unspecified atom stereocenters. The summed E-state index contributed by atoms with van der Waals surface area (Å²) in [5.41, 5.74) is 3.07. The number of ether oxygens (including phenoxy) is 1. The van der Waals surface area contributed by atoms with Crippen molar-refractivity contribution in [2.45, 2.75) is 77.6 Å². The summed E-state index contributed by atoms with van der Waals surface area (Å²) >= 11 is 0. The second kappa shape index (κ2) is 15.3. The molecule has 0 saturated heterocycles. The molecule has 0 aromatic carbocycles. The number of rotatable bonds is 15. The highest BCUT2D eigenvalue weighted by atomic mass is 19.1. The average Bonchev–Trinajstić information content (AvgIpc) is 2.79. The van der Waals surface area contributed by atoms with Crippen LogP contribution in [-0.4, -0.2) is 63.9 Å². The summed E-state index contributed by atoms with van der Waals surface area (Å²) in [6.07, 6.45) is 4.28. The number of nitrogens with one attached hydrogen (secondary N) is 3. The molecule has 1 aromatic rings. The number of hydrogen-bond donors (Lipinski definition) is 4. The first-order valence-corrected chi connectivity index (χ1v) is 11.7. The Bertz CT molecular complexity index is 1020. The maximum atomic E-state index is 13.3. The zero-order chi connectivity index (χ0) is 27.3. The molecule has 2 atom stereocenters. The van der Waals surface area contributed by atoms with E-state index in [0.29, 0.717) is 17.2 Å². The van der Waals surface area contributed by atoms with Gasteiger partial charge in [-0.25, -0.2) is 9.59 Å². The van der Waals surface area contributed by atoms with Crippen LogP contribution in [0.25, 0.3) is 0 Å². The van der Waals surface area contributed by atoms with Gasteiger partial charge in [-0.05, 0) is 13.3 Å². The summed E-state index contributed by atoms with van der Waals surface area (Å²) < 4.78 is 18.9. The molecule has 0 aliphatic heterocycles. The van der Waals surface area contributed by atoms with E-state index in [0.717, 1.165) is 30.6 Å². The zero-order valence-electron chi connectivity index (χ0n) is 20.8. The molecule has 0 radical (unpaired) electrons. The quantitative estimate of drug-likeness (QED) is 0.236. The smallest absolute Gasteiger partial charge is 0.411 e. The Balaban J connectivity index is 2.58. The van der Waals surface area contributed by atoms with Crippen LogP contribution in [0.2, 0.25) is 0 Å². The van der Waals surface area contributed by atoms with E-state index < -0.39 is 53.8 Å². The molecule has 1 aromatic heterocycles. The number of primary amides is 1. The second-order valence-electron chi connectivity index (χ2n) is 8.49. The van der Waals surface area contributed by atoms with E-state index in [2.05, 4.69) is 17.6 Å². The molecule has 4 amide bonds. The monoisotopic (exact) mass is 514 g/mol. The number of amides is 4. The number of H-pyrrole nitrogens is 1. The van der Waals surface area contributed by atoms with Crippen molar-refractivity contribution in [1.82, 2.24) is 25.1 Å². The zero-order valence-corrected chi connectivity index (χ0v) is 20.8. The minimum atomic E-state index is -1.22. The summed E-state index contributed by atoms with van der Waals surface area (Å²) in [6.45, 7) is 2.98. The molecule has 13 nitrogen and oxygen atoms in total. The Morgan fingerprint density at radius 1 is 1.17 bits per heavy atom. The first-order valence-electron chi connectivity index (χ1n) is 11.7. The lowest BCUT2D eigenvalue weighted by Crippen LogP contribution is -2.52. The summed E-state index contributed by atoms with van der Waals surface area (Å²) in [5, 5.41) is 5.13. The molecule has 1 heterocycles. The highest BCUT2D eigenvalue weighted by Crippen LogP contribution is 2.05. The van der Waals surface area contributed by atoms with Crippen molar-refractivity contribution >= 4 is 23.8 Å². The summed E-state index contributed by atoms with van der Waals surface area (Å²) in [5.74, 6) is -2.99. The van der Waals surface area contributed by atoms with E-state index in [4.69, 9.17) is 10.5 Å². The molecule has 0 aliphatic carbocycles. The van der Waals surface area contributed by atoms with Crippen LogP contribution in [-0.2, 0) is 25.9 Å². The highest BCUT2D eigenvalue weighted by Gasteiger charge is 2.25. The first kappa shape index (κ1) is 30.3. The molecule has 5 N–H and O–H groups in total. The van der Waals surface area contributed by atoms with E-state index in [9.17, 15) is 33.2 Å². The van der Waals surface area contributed by atoms with Crippen molar-refractivity contribution in [2.24, 2.45) is 5.73 Å². The molecular formula is C22H35FN6O7. The van der Waals surface area contributed by atoms with Crippen molar-refractivity contribution in [1.29, 1.82) is 0 Å². The van der Waals surface area contributed by atoms with Gasteiger partial charge in [-0.1, -0.05) is 32.6 Å². The Labute approximate surface area is 207 Å². The number of hydrogen-bond acceptors (Lipinski definition) is 7. The third-order valence-corrected chi connectivity index (χ3v) is 5.11. The number of aromatic nitrogens is 2. The minimum absolute atomic E-state index is 0.0336. The van der Waals surface area contributed by atoms with Crippen molar-refractivity contribution in [3.8, 4) is 0 Å². The normalized spacial score (nSPS) is 12.3. The standard InChI is InChI=1S/C22H35FN6O7/c1-4-5-6-7-8-9-18(31)26-16(10-17(24)30)20(33)25-14(2)11-28(3)22(35)36-13-29-12-15(23)19(32)27-21(29)34/h12,14,16H,4-11,13H2,1-3H3,(H2,24,30)(H,25,33)(H,26,31)(H,27,32,34). The fraction of sp³-hybridized carbons (Fsp3) is 0.636. The van der Waals surface area contributed by atoms with E-state index in [1.54, 1.807) is 11.9 Å². The van der Waals surface area contributed by atoms with Gasteiger partial charge in [0.2, 0.25) is 23.5 Å². The van der Waals surface area contributed by atoms with Crippen LogP contribution < -0.4 is 27.6 Å². The van der Waals surface area contributed by atoms with Crippen molar-refractivity contribution in [2.75, 3.05) is 13.6 Å². The van der Waals surface area contributed by atoms with Crippen LogP contribution >= 0.6 is 0 Å². The number of halogens is 1.